The van der Waals surface area contributed by atoms with Crippen molar-refractivity contribution >= 4 is 12.0 Å². The van der Waals surface area contributed by atoms with Gasteiger partial charge in [-0.05, 0) is 24.0 Å². The standard InChI is InChI=1S/C24H31N3O4/c1-2-3-14-20-26-21(23(29)27(20)16-18-12-8-5-9-13-18)22(28)19(25-24(30)31)15-17-10-6-4-7-11-17/h4-13,19-22,25-26,28H,2-3,14-16H2,1H3,(H,30,31)/t19?,20-,21-,22?/m0/s1. The van der Waals surface area contributed by atoms with Crippen LogP contribution in [0.15, 0.2) is 60.7 Å². The van der Waals surface area contributed by atoms with Crippen LogP contribution in [0, 0.1) is 0 Å². The number of carbonyl (C=O) groups excluding carboxylic acids is 1. The third-order valence-corrected chi connectivity index (χ3v) is 5.69. The van der Waals surface area contributed by atoms with E-state index in [1.807, 2.05) is 60.7 Å². The Hall–Kier alpha value is -2.90. The molecule has 0 spiro atoms. The van der Waals surface area contributed by atoms with Crippen molar-refractivity contribution in [1.29, 1.82) is 0 Å². The third kappa shape index (κ3) is 6.06. The van der Waals surface area contributed by atoms with Crippen LogP contribution in [0.25, 0.3) is 0 Å². The van der Waals surface area contributed by atoms with E-state index < -0.39 is 24.3 Å². The number of hydrogen-bond donors (Lipinski definition) is 4. The van der Waals surface area contributed by atoms with Crippen LogP contribution in [0.5, 0.6) is 0 Å². The average Bonchev–Trinajstić information content (AvgIpc) is 3.07. The minimum absolute atomic E-state index is 0.200. The molecule has 1 heterocycles. The number of nitrogens with zero attached hydrogens (tertiary/aromatic N) is 1. The smallest absolute Gasteiger partial charge is 0.404 e. The normalized spacial score (nSPS) is 20.5. The van der Waals surface area contributed by atoms with Gasteiger partial charge in [0.15, 0.2) is 0 Å². The molecular weight excluding hydrogens is 394 g/mol. The molecule has 4 atom stereocenters. The largest absolute Gasteiger partial charge is 0.465 e. The van der Waals surface area contributed by atoms with Crippen LogP contribution in [-0.4, -0.2) is 51.5 Å². The van der Waals surface area contributed by atoms with Crippen LogP contribution in [-0.2, 0) is 17.8 Å². The van der Waals surface area contributed by atoms with Crippen molar-refractivity contribution < 1.29 is 19.8 Å². The Morgan fingerprint density at radius 3 is 2.29 bits per heavy atom. The van der Waals surface area contributed by atoms with E-state index in [9.17, 15) is 19.8 Å². The molecule has 4 N–H and O–H groups in total. The number of amides is 2. The summed E-state index contributed by atoms with van der Waals surface area (Å²) >= 11 is 0. The van der Waals surface area contributed by atoms with E-state index in [1.165, 1.54) is 0 Å². The zero-order chi connectivity index (χ0) is 22.2. The Bertz CT molecular complexity index is 846. The second kappa shape index (κ2) is 10.9. The molecule has 0 aromatic heterocycles. The molecule has 0 saturated carbocycles. The average molecular weight is 426 g/mol. The molecule has 166 valence electrons. The van der Waals surface area contributed by atoms with Crippen molar-refractivity contribution in [2.24, 2.45) is 0 Å². The molecule has 1 aliphatic rings. The fourth-order valence-electron chi connectivity index (χ4n) is 4.07. The highest BCUT2D eigenvalue weighted by Crippen LogP contribution is 2.23. The lowest BCUT2D eigenvalue weighted by Gasteiger charge is -2.26. The van der Waals surface area contributed by atoms with E-state index in [-0.39, 0.29) is 18.5 Å². The Labute approximate surface area is 183 Å². The van der Waals surface area contributed by atoms with Gasteiger partial charge in [-0.1, -0.05) is 80.4 Å². The van der Waals surface area contributed by atoms with Gasteiger partial charge >= 0.3 is 6.09 Å². The number of unbranched alkanes of at least 4 members (excludes halogenated alkanes) is 1. The quantitative estimate of drug-likeness (QED) is 0.469. The second-order valence-corrected chi connectivity index (χ2v) is 7.99. The molecule has 7 nitrogen and oxygen atoms in total. The molecule has 1 fully saturated rings. The minimum Gasteiger partial charge on any atom is -0.465 e. The van der Waals surface area contributed by atoms with Gasteiger partial charge in [0.05, 0.1) is 18.3 Å². The zero-order valence-electron chi connectivity index (χ0n) is 17.8. The summed E-state index contributed by atoms with van der Waals surface area (Å²) in [6.07, 6.45) is 0.374. The van der Waals surface area contributed by atoms with Gasteiger partial charge < -0.3 is 20.4 Å². The number of rotatable bonds is 10. The fourth-order valence-corrected chi connectivity index (χ4v) is 4.07. The Morgan fingerprint density at radius 1 is 1.10 bits per heavy atom. The molecule has 3 rings (SSSR count). The number of aliphatic hydroxyl groups excluding tert-OH is 1. The van der Waals surface area contributed by atoms with Crippen molar-refractivity contribution in [2.75, 3.05) is 0 Å². The molecule has 2 unspecified atom stereocenters. The third-order valence-electron chi connectivity index (χ3n) is 5.69. The van der Waals surface area contributed by atoms with Gasteiger partial charge in [-0.25, -0.2) is 4.79 Å². The first kappa shape index (κ1) is 22.8. The summed E-state index contributed by atoms with van der Waals surface area (Å²) < 4.78 is 0. The van der Waals surface area contributed by atoms with Crippen LogP contribution < -0.4 is 10.6 Å². The van der Waals surface area contributed by atoms with Gasteiger partial charge in [-0.15, -0.1) is 0 Å². The van der Waals surface area contributed by atoms with E-state index in [1.54, 1.807) is 4.90 Å². The highest BCUT2D eigenvalue weighted by molar-refractivity contribution is 5.85. The molecule has 7 heteroatoms. The second-order valence-electron chi connectivity index (χ2n) is 7.99. The maximum absolute atomic E-state index is 13.3. The van der Waals surface area contributed by atoms with E-state index in [0.29, 0.717) is 6.54 Å². The molecule has 2 aromatic rings. The summed E-state index contributed by atoms with van der Waals surface area (Å²) in [6, 6.07) is 17.4. The van der Waals surface area contributed by atoms with Gasteiger partial charge in [0.1, 0.15) is 6.04 Å². The van der Waals surface area contributed by atoms with E-state index in [0.717, 1.165) is 30.4 Å². The Morgan fingerprint density at radius 2 is 1.71 bits per heavy atom. The van der Waals surface area contributed by atoms with E-state index >= 15 is 0 Å². The lowest BCUT2D eigenvalue weighted by atomic mass is 9.96. The molecule has 0 radical (unpaired) electrons. The van der Waals surface area contributed by atoms with Gasteiger partial charge in [0, 0.05) is 6.54 Å². The molecule has 1 saturated heterocycles. The predicted molar refractivity (Wildman–Crippen MR) is 118 cm³/mol. The summed E-state index contributed by atoms with van der Waals surface area (Å²) in [5.41, 5.74) is 1.90. The number of aliphatic hydroxyl groups is 1. The van der Waals surface area contributed by atoms with Gasteiger partial charge in [-0.2, -0.15) is 0 Å². The van der Waals surface area contributed by atoms with Gasteiger partial charge in [-0.3, -0.25) is 10.1 Å². The van der Waals surface area contributed by atoms with E-state index in [4.69, 9.17) is 0 Å². The minimum atomic E-state index is -1.23. The Balaban J connectivity index is 1.79. The summed E-state index contributed by atoms with van der Waals surface area (Å²) in [5, 5.41) is 26.1. The number of benzene rings is 2. The first-order valence-electron chi connectivity index (χ1n) is 10.8. The lowest BCUT2D eigenvalue weighted by Crippen LogP contribution is -2.54. The van der Waals surface area contributed by atoms with Crippen molar-refractivity contribution in [1.82, 2.24) is 15.5 Å². The van der Waals surface area contributed by atoms with Crippen molar-refractivity contribution in [3.8, 4) is 0 Å². The van der Waals surface area contributed by atoms with Crippen LogP contribution in [0.2, 0.25) is 0 Å². The highest BCUT2D eigenvalue weighted by atomic mass is 16.4. The van der Waals surface area contributed by atoms with Crippen molar-refractivity contribution in [2.45, 2.75) is 63.5 Å². The van der Waals surface area contributed by atoms with Crippen LogP contribution >= 0.6 is 0 Å². The van der Waals surface area contributed by atoms with E-state index in [2.05, 4.69) is 17.6 Å². The predicted octanol–water partition coefficient (Wildman–Crippen LogP) is 2.74. The fraction of sp³-hybridized carbons (Fsp3) is 0.417. The van der Waals surface area contributed by atoms with Crippen LogP contribution in [0.3, 0.4) is 0 Å². The first-order valence-corrected chi connectivity index (χ1v) is 10.8. The maximum atomic E-state index is 13.3. The van der Waals surface area contributed by atoms with Gasteiger partial charge in [0.2, 0.25) is 5.91 Å². The highest BCUT2D eigenvalue weighted by Gasteiger charge is 2.44. The lowest BCUT2D eigenvalue weighted by molar-refractivity contribution is -0.133. The molecule has 31 heavy (non-hydrogen) atoms. The monoisotopic (exact) mass is 425 g/mol. The van der Waals surface area contributed by atoms with Crippen molar-refractivity contribution in [3.63, 3.8) is 0 Å². The topological polar surface area (TPSA) is 102 Å². The van der Waals surface area contributed by atoms with Crippen LogP contribution in [0.1, 0.15) is 37.3 Å². The summed E-state index contributed by atoms with van der Waals surface area (Å²) in [5.74, 6) is -0.206. The molecule has 1 aliphatic heterocycles. The molecular formula is C24H31N3O4. The molecule has 0 aliphatic carbocycles. The van der Waals surface area contributed by atoms with Gasteiger partial charge in [0.25, 0.3) is 0 Å². The molecule has 2 aromatic carbocycles. The summed E-state index contributed by atoms with van der Waals surface area (Å²) in [4.78, 5) is 26.4. The van der Waals surface area contributed by atoms with Crippen LogP contribution in [0.4, 0.5) is 4.79 Å². The molecule has 0 bridgehead atoms. The number of carbonyl (C=O) groups is 2. The molecule has 2 amide bonds. The maximum Gasteiger partial charge on any atom is 0.404 e. The number of hydrogen-bond acceptors (Lipinski definition) is 4. The summed E-state index contributed by atoms with van der Waals surface area (Å²) in [6.45, 7) is 2.54. The SMILES string of the molecule is CCCC[C@H]1N[C@@H](C(O)C(Cc2ccccc2)NC(=O)O)C(=O)N1Cc1ccccc1. The zero-order valence-corrected chi connectivity index (χ0v) is 17.8. The Kier molecular flexibility index (Phi) is 8.03. The number of carboxylic acid groups (broad SMARTS) is 1. The van der Waals surface area contributed by atoms with Crippen molar-refractivity contribution in [3.05, 3.63) is 71.8 Å². The summed E-state index contributed by atoms with van der Waals surface area (Å²) in [7, 11) is 0. The first-order chi connectivity index (χ1) is 15.0. The number of nitrogens with one attached hydrogen (secondary N) is 2.